The van der Waals surface area contributed by atoms with Gasteiger partial charge in [0, 0.05) is 19.6 Å². The molecule has 5 nitrogen and oxygen atoms in total. The summed E-state index contributed by atoms with van der Waals surface area (Å²) in [5, 5.41) is 11.4. The maximum atomic E-state index is 11.9. The predicted octanol–water partition coefficient (Wildman–Crippen LogP) is 0.595. The Labute approximate surface area is 113 Å². The lowest BCUT2D eigenvalue weighted by Crippen LogP contribution is -2.30. The monoisotopic (exact) mass is 285 g/mol. The summed E-state index contributed by atoms with van der Waals surface area (Å²) in [6, 6.07) is 8.07. The first-order chi connectivity index (χ1) is 8.95. The highest BCUT2D eigenvalue weighted by Crippen LogP contribution is 2.10. The van der Waals surface area contributed by atoms with Crippen molar-refractivity contribution in [2.45, 2.75) is 18.2 Å². The summed E-state index contributed by atoms with van der Waals surface area (Å²) in [6.07, 6.45) is -0.0740. The molecule has 0 aliphatic heterocycles. The van der Waals surface area contributed by atoms with E-state index in [1.165, 1.54) is 12.1 Å². The van der Waals surface area contributed by atoms with Crippen molar-refractivity contribution >= 4 is 15.7 Å². The van der Waals surface area contributed by atoms with Gasteiger partial charge in [-0.05, 0) is 18.1 Å². The molecule has 0 spiro atoms. The van der Waals surface area contributed by atoms with Gasteiger partial charge in [-0.25, -0.2) is 8.42 Å². The third-order valence-corrected chi connectivity index (χ3v) is 4.39. The van der Waals surface area contributed by atoms with E-state index < -0.39 is 9.84 Å². The summed E-state index contributed by atoms with van der Waals surface area (Å²) in [5.74, 6) is -0.564. The van der Waals surface area contributed by atoms with Crippen LogP contribution in [-0.4, -0.2) is 38.3 Å². The zero-order valence-electron chi connectivity index (χ0n) is 10.9. The Morgan fingerprint density at radius 2 is 1.95 bits per heavy atom. The van der Waals surface area contributed by atoms with E-state index in [1.807, 2.05) is 0 Å². The molecule has 1 rings (SSSR count). The van der Waals surface area contributed by atoms with Crippen LogP contribution in [0, 0.1) is 5.92 Å². The molecular formula is C13H19NO4S. The van der Waals surface area contributed by atoms with Crippen LogP contribution in [0.3, 0.4) is 0 Å². The maximum Gasteiger partial charge on any atom is 0.221 e. The predicted molar refractivity (Wildman–Crippen MR) is 72.4 cm³/mol. The van der Waals surface area contributed by atoms with E-state index in [2.05, 4.69) is 5.32 Å². The third kappa shape index (κ3) is 5.40. The second kappa shape index (κ2) is 7.25. The van der Waals surface area contributed by atoms with E-state index >= 15 is 0 Å². The molecule has 0 bridgehead atoms. The number of rotatable bonds is 7. The molecule has 1 amide bonds. The van der Waals surface area contributed by atoms with E-state index in [-0.39, 0.29) is 35.5 Å². The molecule has 0 aromatic heterocycles. The average Bonchev–Trinajstić information content (AvgIpc) is 2.43. The minimum absolute atomic E-state index is 0.0113. The van der Waals surface area contributed by atoms with Crippen molar-refractivity contribution in [3.05, 3.63) is 30.3 Å². The maximum absolute atomic E-state index is 11.9. The van der Waals surface area contributed by atoms with Crippen molar-refractivity contribution in [3.63, 3.8) is 0 Å². The number of carbonyl (C=O) groups excluding carboxylic acids is 1. The second-order valence-electron chi connectivity index (χ2n) is 4.47. The van der Waals surface area contributed by atoms with Gasteiger partial charge in [-0.3, -0.25) is 4.79 Å². The highest BCUT2D eigenvalue weighted by Gasteiger charge is 2.16. The SMILES string of the molecule is CC(CO)CNC(=O)CCS(=O)(=O)c1ccccc1. The summed E-state index contributed by atoms with van der Waals surface area (Å²) in [4.78, 5) is 11.7. The molecular weight excluding hydrogens is 266 g/mol. The molecule has 1 aromatic rings. The number of aliphatic hydroxyl groups is 1. The lowest BCUT2D eigenvalue weighted by Gasteiger charge is -2.09. The normalized spacial score (nSPS) is 12.9. The number of aliphatic hydroxyl groups excluding tert-OH is 1. The molecule has 1 atom stereocenters. The van der Waals surface area contributed by atoms with Crippen molar-refractivity contribution < 1.29 is 18.3 Å². The fraction of sp³-hybridized carbons (Fsp3) is 0.462. The van der Waals surface area contributed by atoms with E-state index in [0.29, 0.717) is 6.54 Å². The third-order valence-electron chi connectivity index (χ3n) is 2.66. The molecule has 0 radical (unpaired) electrons. The molecule has 0 heterocycles. The van der Waals surface area contributed by atoms with Gasteiger partial charge in [-0.2, -0.15) is 0 Å². The topological polar surface area (TPSA) is 83.5 Å². The molecule has 0 fully saturated rings. The molecule has 0 saturated carbocycles. The molecule has 19 heavy (non-hydrogen) atoms. The molecule has 0 aliphatic rings. The summed E-state index contributed by atoms with van der Waals surface area (Å²) in [7, 11) is -3.41. The molecule has 1 unspecified atom stereocenters. The van der Waals surface area contributed by atoms with Crippen molar-refractivity contribution in [2.75, 3.05) is 18.9 Å². The van der Waals surface area contributed by atoms with Gasteiger partial charge in [-0.15, -0.1) is 0 Å². The summed E-state index contributed by atoms with van der Waals surface area (Å²) in [6.45, 7) is 2.13. The molecule has 0 aliphatic carbocycles. The van der Waals surface area contributed by atoms with E-state index in [0.717, 1.165) is 0 Å². The fourth-order valence-corrected chi connectivity index (χ4v) is 2.68. The van der Waals surface area contributed by atoms with Crippen LogP contribution in [0.1, 0.15) is 13.3 Å². The quantitative estimate of drug-likeness (QED) is 0.768. The van der Waals surface area contributed by atoms with Crippen LogP contribution < -0.4 is 5.32 Å². The van der Waals surface area contributed by atoms with E-state index in [9.17, 15) is 13.2 Å². The van der Waals surface area contributed by atoms with Crippen LogP contribution in [0.2, 0.25) is 0 Å². The minimum Gasteiger partial charge on any atom is -0.396 e. The van der Waals surface area contributed by atoms with E-state index in [1.54, 1.807) is 25.1 Å². The first kappa shape index (κ1) is 15.7. The average molecular weight is 285 g/mol. The number of carbonyl (C=O) groups is 1. The smallest absolute Gasteiger partial charge is 0.221 e. The zero-order valence-corrected chi connectivity index (χ0v) is 11.7. The number of benzene rings is 1. The molecule has 0 saturated heterocycles. The number of hydrogen-bond donors (Lipinski definition) is 2. The Kier molecular flexibility index (Phi) is 5.98. The van der Waals surface area contributed by atoms with Gasteiger partial charge < -0.3 is 10.4 Å². The number of nitrogens with one attached hydrogen (secondary N) is 1. The van der Waals surface area contributed by atoms with Gasteiger partial charge in [0.2, 0.25) is 5.91 Å². The van der Waals surface area contributed by atoms with Gasteiger partial charge in [0.1, 0.15) is 0 Å². The fourth-order valence-electron chi connectivity index (χ4n) is 1.41. The highest BCUT2D eigenvalue weighted by molar-refractivity contribution is 7.91. The largest absolute Gasteiger partial charge is 0.396 e. The summed E-state index contributed by atoms with van der Waals surface area (Å²) >= 11 is 0. The van der Waals surface area contributed by atoms with E-state index in [4.69, 9.17) is 5.11 Å². The van der Waals surface area contributed by atoms with Crippen LogP contribution in [0.5, 0.6) is 0 Å². The van der Waals surface area contributed by atoms with Gasteiger partial charge >= 0.3 is 0 Å². The van der Waals surface area contributed by atoms with Crippen LogP contribution in [0.25, 0.3) is 0 Å². The van der Waals surface area contributed by atoms with Crippen LogP contribution in [-0.2, 0) is 14.6 Å². The van der Waals surface area contributed by atoms with Gasteiger partial charge in [0.15, 0.2) is 9.84 Å². The Hall–Kier alpha value is -1.40. The Balaban J connectivity index is 2.46. The Morgan fingerprint density at radius 1 is 1.32 bits per heavy atom. The van der Waals surface area contributed by atoms with Crippen molar-refractivity contribution in [3.8, 4) is 0 Å². The summed E-state index contributed by atoms with van der Waals surface area (Å²) < 4.78 is 23.8. The van der Waals surface area contributed by atoms with Crippen LogP contribution in [0.4, 0.5) is 0 Å². The van der Waals surface area contributed by atoms with Crippen LogP contribution >= 0.6 is 0 Å². The van der Waals surface area contributed by atoms with Crippen molar-refractivity contribution in [1.29, 1.82) is 0 Å². The first-order valence-electron chi connectivity index (χ1n) is 6.11. The second-order valence-corrected chi connectivity index (χ2v) is 6.58. The molecule has 1 aromatic carbocycles. The Bertz CT molecular complexity index is 499. The lowest BCUT2D eigenvalue weighted by atomic mass is 10.2. The molecule has 6 heteroatoms. The van der Waals surface area contributed by atoms with Crippen molar-refractivity contribution in [2.24, 2.45) is 5.92 Å². The standard InChI is InChI=1S/C13H19NO4S/c1-11(10-15)9-14-13(16)7-8-19(17,18)12-5-3-2-4-6-12/h2-6,11,15H,7-10H2,1H3,(H,14,16). The van der Waals surface area contributed by atoms with Crippen LogP contribution in [0.15, 0.2) is 35.2 Å². The zero-order chi connectivity index (χ0) is 14.3. The first-order valence-corrected chi connectivity index (χ1v) is 7.76. The number of sulfone groups is 1. The highest BCUT2D eigenvalue weighted by atomic mass is 32.2. The number of hydrogen-bond acceptors (Lipinski definition) is 4. The number of amides is 1. The Morgan fingerprint density at radius 3 is 2.53 bits per heavy atom. The van der Waals surface area contributed by atoms with Crippen molar-refractivity contribution in [1.82, 2.24) is 5.32 Å². The van der Waals surface area contributed by atoms with Gasteiger partial charge in [-0.1, -0.05) is 25.1 Å². The summed E-state index contributed by atoms with van der Waals surface area (Å²) in [5.41, 5.74) is 0. The molecule has 106 valence electrons. The van der Waals surface area contributed by atoms with Gasteiger partial charge in [0.25, 0.3) is 0 Å². The minimum atomic E-state index is -3.41. The molecule has 2 N–H and O–H groups in total. The van der Waals surface area contributed by atoms with Gasteiger partial charge in [0.05, 0.1) is 10.6 Å². The lowest BCUT2D eigenvalue weighted by molar-refractivity contribution is -0.120.